The summed E-state index contributed by atoms with van der Waals surface area (Å²) < 4.78 is 0. The first-order valence-corrected chi connectivity index (χ1v) is 6.53. The monoisotopic (exact) mass is 239 g/mol. The van der Waals surface area contributed by atoms with Crippen LogP contribution in [0.5, 0.6) is 0 Å². The summed E-state index contributed by atoms with van der Waals surface area (Å²) in [7, 11) is 0. The zero-order valence-corrected chi connectivity index (χ0v) is 11.3. The molecule has 90 valence electrons. The number of halogens is 1. The molecule has 0 aliphatic heterocycles. The highest BCUT2D eigenvalue weighted by Crippen LogP contribution is 2.20. The fraction of sp³-hybridized carbons (Fsp3) is 0.571. The van der Waals surface area contributed by atoms with Crippen molar-refractivity contribution in [3.05, 3.63) is 34.3 Å². The molecule has 0 fully saturated rings. The lowest BCUT2D eigenvalue weighted by Crippen LogP contribution is -2.30. The van der Waals surface area contributed by atoms with E-state index in [0.717, 1.165) is 18.0 Å². The largest absolute Gasteiger partial charge is 0.314 e. The van der Waals surface area contributed by atoms with Crippen molar-refractivity contribution in [1.29, 1.82) is 0 Å². The zero-order valence-electron chi connectivity index (χ0n) is 10.5. The predicted molar refractivity (Wildman–Crippen MR) is 72.3 cm³/mol. The molecule has 0 aromatic heterocycles. The van der Waals surface area contributed by atoms with E-state index in [-0.39, 0.29) is 0 Å². The van der Waals surface area contributed by atoms with Gasteiger partial charge in [0.2, 0.25) is 0 Å². The highest BCUT2D eigenvalue weighted by Gasteiger charge is 2.09. The predicted octanol–water partition coefficient (Wildman–Crippen LogP) is 3.97. The summed E-state index contributed by atoms with van der Waals surface area (Å²) in [5, 5.41) is 4.42. The Morgan fingerprint density at radius 2 is 2.06 bits per heavy atom. The van der Waals surface area contributed by atoms with Crippen LogP contribution in [-0.4, -0.2) is 12.6 Å². The molecule has 1 aromatic carbocycles. The lowest BCUT2D eigenvalue weighted by Gasteiger charge is -2.18. The van der Waals surface area contributed by atoms with Gasteiger partial charge in [-0.1, -0.05) is 44.0 Å². The quantitative estimate of drug-likeness (QED) is 0.792. The third kappa shape index (κ3) is 4.15. The summed E-state index contributed by atoms with van der Waals surface area (Å²) in [4.78, 5) is 0. The normalized spacial score (nSPS) is 12.8. The summed E-state index contributed by atoms with van der Waals surface area (Å²) in [6.45, 7) is 7.47. The molecule has 0 aliphatic rings. The number of nitrogens with one attached hydrogen (secondary N) is 1. The molecule has 1 N–H and O–H groups in total. The minimum Gasteiger partial charge on any atom is -0.314 e. The minimum atomic E-state index is 0.551. The molecule has 1 atom stereocenters. The first kappa shape index (κ1) is 13.5. The Hall–Kier alpha value is -0.530. The number of rotatable bonds is 6. The maximum Gasteiger partial charge on any atom is 0.0441 e. The Morgan fingerprint density at radius 1 is 1.31 bits per heavy atom. The van der Waals surface area contributed by atoms with Crippen molar-refractivity contribution in [3.63, 3.8) is 0 Å². The van der Waals surface area contributed by atoms with Crippen LogP contribution in [0.25, 0.3) is 0 Å². The molecule has 1 unspecified atom stereocenters. The maximum atomic E-state index is 6.25. The number of hydrogen-bond acceptors (Lipinski definition) is 1. The lowest BCUT2D eigenvalue weighted by atomic mass is 10.0. The topological polar surface area (TPSA) is 12.0 Å². The fourth-order valence-corrected chi connectivity index (χ4v) is 2.31. The standard InChI is InChI=1S/C14H22ClN/c1-4-6-13(16-5-2)10-12-8-7-11(3)9-14(12)15/h7-9,13,16H,4-6,10H2,1-3H3. The van der Waals surface area contributed by atoms with Crippen molar-refractivity contribution in [3.8, 4) is 0 Å². The molecular weight excluding hydrogens is 218 g/mol. The van der Waals surface area contributed by atoms with Gasteiger partial charge in [0.25, 0.3) is 0 Å². The van der Waals surface area contributed by atoms with Gasteiger partial charge in [0.15, 0.2) is 0 Å². The summed E-state index contributed by atoms with van der Waals surface area (Å²) in [5.41, 5.74) is 2.48. The third-order valence-electron chi connectivity index (χ3n) is 2.80. The van der Waals surface area contributed by atoms with Crippen molar-refractivity contribution < 1.29 is 0 Å². The third-order valence-corrected chi connectivity index (χ3v) is 3.16. The van der Waals surface area contributed by atoms with E-state index in [4.69, 9.17) is 11.6 Å². The molecule has 16 heavy (non-hydrogen) atoms. The number of hydrogen-bond donors (Lipinski definition) is 1. The molecule has 0 amide bonds. The van der Waals surface area contributed by atoms with E-state index in [9.17, 15) is 0 Å². The summed E-state index contributed by atoms with van der Waals surface area (Å²) in [5.74, 6) is 0. The molecule has 0 saturated heterocycles. The molecular formula is C14H22ClN. The second-order valence-corrected chi connectivity index (χ2v) is 4.75. The van der Waals surface area contributed by atoms with Crippen LogP contribution in [0.1, 0.15) is 37.8 Å². The lowest BCUT2D eigenvalue weighted by molar-refractivity contribution is 0.486. The van der Waals surface area contributed by atoms with E-state index >= 15 is 0 Å². The van der Waals surface area contributed by atoms with Crippen LogP contribution in [0.15, 0.2) is 18.2 Å². The van der Waals surface area contributed by atoms with Crippen molar-refractivity contribution in [2.24, 2.45) is 0 Å². The molecule has 0 saturated carbocycles. The van der Waals surface area contributed by atoms with Gasteiger partial charge in [0, 0.05) is 11.1 Å². The Balaban J connectivity index is 2.68. The van der Waals surface area contributed by atoms with Gasteiger partial charge in [-0.25, -0.2) is 0 Å². The number of aryl methyl sites for hydroxylation is 1. The zero-order chi connectivity index (χ0) is 12.0. The van der Waals surface area contributed by atoms with Gasteiger partial charge in [-0.05, 0) is 43.5 Å². The van der Waals surface area contributed by atoms with Crippen molar-refractivity contribution in [2.75, 3.05) is 6.54 Å². The molecule has 0 spiro atoms. The maximum absolute atomic E-state index is 6.25. The van der Waals surface area contributed by atoms with E-state index in [1.807, 2.05) is 6.07 Å². The summed E-state index contributed by atoms with van der Waals surface area (Å²) in [6.07, 6.45) is 3.44. The van der Waals surface area contributed by atoms with Gasteiger partial charge in [0.05, 0.1) is 0 Å². The molecule has 1 rings (SSSR count). The van der Waals surface area contributed by atoms with Gasteiger partial charge >= 0.3 is 0 Å². The van der Waals surface area contributed by atoms with E-state index in [0.29, 0.717) is 6.04 Å². The Kier molecular flexibility index (Phi) is 5.86. The number of benzene rings is 1. The minimum absolute atomic E-state index is 0.551. The molecule has 2 heteroatoms. The van der Waals surface area contributed by atoms with Gasteiger partial charge in [-0.2, -0.15) is 0 Å². The van der Waals surface area contributed by atoms with Crippen LogP contribution < -0.4 is 5.32 Å². The molecule has 0 radical (unpaired) electrons. The average molecular weight is 240 g/mol. The van der Waals surface area contributed by atoms with Crippen molar-refractivity contribution >= 4 is 11.6 Å². The highest BCUT2D eigenvalue weighted by molar-refractivity contribution is 6.31. The van der Waals surface area contributed by atoms with Gasteiger partial charge < -0.3 is 5.32 Å². The van der Waals surface area contributed by atoms with Crippen LogP contribution in [0.2, 0.25) is 5.02 Å². The molecule has 1 aromatic rings. The Morgan fingerprint density at radius 3 is 2.62 bits per heavy atom. The van der Waals surface area contributed by atoms with Crippen LogP contribution in [0, 0.1) is 6.92 Å². The first-order chi connectivity index (χ1) is 7.67. The van der Waals surface area contributed by atoms with Crippen LogP contribution >= 0.6 is 11.6 Å². The second kappa shape index (κ2) is 6.93. The average Bonchev–Trinajstić information content (AvgIpc) is 2.23. The Labute approximate surface area is 104 Å². The van der Waals surface area contributed by atoms with Crippen LogP contribution in [0.3, 0.4) is 0 Å². The highest BCUT2D eigenvalue weighted by atomic mass is 35.5. The van der Waals surface area contributed by atoms with Gasteiger partial charge in [-0.15, -0.1) is 0 Å². The van der Waals surface area contributed by atoms with E-state index in [1.54, 1.807) is 0 Å². The van der Waals surface area contributed by atoms with E-state index in [2.05, 4.69) is 38.2 Å². The van der Waals surface area contributed by atoms with Crippen LogP contribution in [0.4, 0.5) is 0 Å². The Bertz CT molecular complexity index is 317. The van der Waals surface area contributed by atoms with Crippen molar-refractivity contribution in [1.82, 2.24) is 5.32 Å². The molecule has 0 heterocycles. The molecule has 0 aliphatic carbocycles. The van der Waals surface area contributed by atoms with E-state index in [1.165, 1.54) is 24.0 Å². The second-order valence-electron chi connectivity index (χ2n) is 4.34. The van der Waals surface area contributed by atoms with Gasteiger partial charge in [-0.3, -0.25) is 0 Å². The SMILES string of the molecule is CCCC(Cc1ccc(C)cc1Cl)NCC. The summed E-state index contributed by atoms with van der Waals surface area (Å²) in [6, 6.07) is 6.88. The smallest absolute Gasteiger partial charge is 0.0441 e. The van der Waals surface area contributed by atoms with Crippen molar-refractivity contribution in [2.45, 2.75) is 46.1 Å². The van der Waals surface area contributed by atoms with E-state index < -0.39 is 0 Å². The molecule has 1 nitrogen and oxygen atoms in total. The van der Waals surface area contributed by atoms with Gasteiger partial charge in [0.1, 0.15) is 0 Å². The van der Waals surface area contributed by atoms with Crippen LogP contribution in [-0.2, 0) is 6.42 Å². The molecule has 0 bridgehead atoms. The summed E-state index contributed by atoms with van der Waals surface area (Å²) >= 11 is 6.25. The fourth-order valence-electron chi connectivity index (χ4n) is 2.00. The first-order valence-electron chi connectivity index (χ1n) is 6.15. The number of likely N-dealkylation sites (N-methyl/N-ethyl adjacent to an activating group) is 1.